The van der Waals surface area contributed by atoms with Gasteiger partial charge in [0.05, 0.1) is 0 Å². The van der Waals surface area contributed by atoms with Gasteiger partial charge >= 0.3 is 21.1 Å². The van der Waals surface area contributed by atoms with Gasteiger partial charge in [-0.1, -0.05) is 30.3 Å². The van der Waals surface area contributed by atoms with Crippen LogP contribution in [0.15, 0.2) is 30.3 Å². The van der Waals surface area contributed by atoms with Crippen LogP contribution in [-0.2, 0) is 27.5 Å². The molecule has 5 heteroatoms. The van der Waals surface area contributed by atoms with Crippen LogP contribution in [-0.4, -0.2) is 12.6 Å². The van der Waals surface area contributed by atoms with Gasteiger partial charge in [0.15, 0.2) is 0 Å². The first kappa shape index (κ1) is 19.9. The molecular weight excluding hydrogens is 402 g/mol. The van der Waals surface area contributed by atoms with Crippen molar-refractivity contribution in [1.82, 2.24) is 0 Å². The van der Waals surface area contributed by atoms with Gasteiger partial charge in [0, 0.05) is 12.6 Å². The summed E-state index contributed by atoms with van der Waals surface area (Å²) >= 11 is 0. The van der Waals surface area contributed by atoms with E-state index in [2.05, 4.69) is 12.1 Å². The van der Waals surface area contributed by atoms with Crippen molar-refractivity contribution >= 4 is 0 Å². The van der Waals surface area contributed by atoms with Crippen LogP contribution in [0.5, 0.6) is 0 Å². The molecule has 84 valence electrons. The van der Waals surface area contributed by atoms with Gasteiger partial charge in [-0.25, -0.2) is 0 Å². The Hall–Kier alpha value is 0.408. The molecule has 0 aliphatic heterocycles. The van der Waals surface area contributed by atoms with Gasteiger partial charge in [-0.15, -0.1) is 0 Å². The maximum absolute atomic E-state index is 5.68. The molecule has 1 aromatic carbocycles. The summed E-state index contributed by atoms with van der Waals surface area (Å²) in [6.45, 7) is 0.550. The molecule has 2 nitrogen and oxygen atoms in total. The molecule has 0 aliphatic rings. The first-order valence-electron chi connectivity index (χ1n) is 3.82. The Morgan fingerprint density at radius 2 is 1.57 bits per heavy atom. The molecule has 0 fully saturated rings. The van der Waals surface area contributed by atoms with Crippen LogP contribution in [0, 0.1) is 0 Å². The Morgan fingerprint density at radius 1 is 1.07 bits per heavy atom. The fraction of sp³-hybridized carbons (Fsp3) is 0.333. The van der Waals surface area contributed by atoms with Gasteiger partial charge in [-0.3, -0.25) is 0 Å². The van der Waals surface area contributed by atoms with Gasteiger partial charge in [-0.05, 0) is 12.0 Å². The number of hydrogen-bond acceptors (Lipinski definition) is 2. The molecular formula is C9H14Cl2N2Pt. The van der Waals surface area contributed by atoms with Crippen molar-refractivity contribution in [3.8, 4) is 0 Å². The predicted octanol–water partition coefficient (Wildman–Crippen LogP) is -5.48. The standard InChI is InChI=1S/C9H14N2.2ClH.Pt/c10-7-9(11)6-8-4-2-1-3-5-8;;;/h1-5,9H,6-7,10-11H2;2*1H;/q;;;+2/p-2. The van der Waals surface area contributed by atoms with E-state index < -0.39 is 0 Å². The molecule has 0 spiro atoms. The zero-order valence-electron chi connectivity index (χ0n) is 7.61. The van der Waals surface area contributed by atoms with Crippen molar-refractivity contribution in [2.24, 2.45) is 11.5 Å². The van der Waals surface area contributed by atoms with Crippen LogP contribution in [0.3, 0.4) is 0 Å². The maximum atomic E-state index is 5.68. The SMILES string of the molecule is NCC(N)Cc1ccccc1.[Cl-].[Cl-].[Pt+2]. The smallest absolute Gasteiger partial charge is 1.00 e. The molecule has 0 aromatic heterocycles. The van der Waals surface area contributed by atoms with E-state index in [9.17, 15) is 0 Å². The molecule has 4 N–H and O–H groups in total. The molecule has 0 aliphatic carbocycles. The molecule has 1 aromatic rings. The minimum Gasteiger partial charge on any atom is -1.00 e. The fourth-order valence-electron chi connectivity index (χ4n) is 1.00. The third-order valence-electron chi connectivity index (χ3n) is 1.64. The van der Waals surface area contributed by atoms with Crippen LogP contribution >= 0.6 is 0 Å². The number of nitrogens with two attached hydrogens (primary N) is 2. The van der Waals surface area contributed by atoms with Crippen molar-refractivity contribution in [2.45, 2.75) is 12.5 Å². The largest absolute Gasteiger partial charge is 2.00 e. The second-order valence-corrected chi connectivity index (χ2v) is 2.69. The molecule has 14 heavy (non-hydrogen) atoms. The molecule has 1 unspecified atom stereocenters. The fourth-order valence-corrected chi connectivity index (χ4v) is 1.00. The van der Waals surface area contributed by atoms with E-state index in [1.165, 1.54) is 5.56 Å². The summed E-state index contributed by atoms with van der Waals surface area (Å²) in [5.74, 6) is 0. The summed E-state index contributed by atoms with van der Waals surface area (Å²) in [6, 6.07) is 10.2. The quantitative estimate of drug-likeness (QED) is 0.517. The summed E-state index contributed by atoms with van der Waals surface area (Å²) in [5, 5.41) is 0. The second kappa shape index (κ2) is 11.5. The third kappa shape index (κ3) is 7.78. The first-order chi connectivity index (χ1) is 5.33. The van der Waals surface area contributed by atoms with Gasteiger partial charge < -0.3 is 36.3 Å². The van der Waals surface area contributed by atoms with Crippen LogP contribution in [0.1, 0.15) is 5.56 Å². The van der Waals surface area contributed by atoms with E-state index in [-0.39, 0.29) is 51.9 Å². The molecule has 0 heterocycles. The number of halogens is 2. The molecule has 0 saturated heterocycles. The number of hydrogen-bond donors (Lipinski definition) is 2. The summed E-state index contributed by atoms with van der Waals surface area (Å²) < 4.78 is 0. The summed E-state index contributed by atoms with van der Waals surface area (Å²) in [4.78, 5) is 0. The van der Waals surface area contributed by atoms with Gasteiger partial charge in [-0.2, -0.15) is 0 Å². The normalized spacial score (nSPS) is 10.1. The Morgan fingerprint density at radius 3 is 2.00 bits per heavy atom. The van der Waals surface area contributed by atoms with Crippen LogP contribution in [0.4, 0.5) is 0 Å². The van der Waals surface area contributed by atoms with Crippen molar-refractivity contribution in [2.75, 3.05) is 6.54 Å². The third-order valence-corrected chi connectivity index (χ3v) is 1.64. The van der Waals surface area contributed by atoms with E-state index in [1.807, 2.05) is 18.2 Å². The zero-order chi connectivity index (χ0) is 8.10. The predicted molar refractivity (Wildman–Crippen MR) is 47.2 cm³/mol. The second-order valence-electron chi connectivity index (χ2n) is 2.69. The van der Waals surface area contributed by atoms with Gasteiger partial charge in [0.25, 0.3) is 0 Å². The molecule has 0 radical (unpaired) electrons. The van der Waals surface area contributed by atoms with E-state index in [1.54, 1.807) is 0 Å². The van der Waals surface area contributed by atoms with Gasteiger partial charge in [0.1, 0.15) is 0 Å². The van der Waals surface area contributed by atoms with Crippen LogP contribution < -0.4 is 36.3 Å². The molecule has 1 rings (SSSR count). The Labute approximate surface area is 112 Å². The summed E-state index contributed by atoms with van der Waals surface area (Å²) in [5.41, 5.74) is 12.3. The zero-order valence-corrected chi connectivity index (χ0v) is 11.4. The van der Waals surface area contributed by atoms with Crippen LogP contribution in [0.2, 0.25) is 0 Å². The first-order valence-corrected chi connectivity index (χ1v) is 3.82. The molecule has 0 saturated carbocycles. The van der Waals surface area contributed by atoms with Crippen LogP contribution in [0.25, 0.3) is 0 Å². The average molecular weight is 416 g/mol. The maximum Gasteiger partial charge on any atom is 2.00 e. The summed E-state index contributed by atoms with van der Waals surface area (Å²) in [6.07, 6.45) is 0.872. The minimum atomic E-state index is 0. The number of benzene rings is 1. The Balaban J connectivity index is -0.000000403. The summed E-state index contributed by atoms with van der Waals surface area (Å²) in [7, 11) is 0. The van der Waals surface area contributed by atoms with Gasteiger partial charge in [0.2, 0.25) is 0 Å². The Bertz CT molecular complexity index is 209. The Kier molecular flexibility index (Phi) is 16.3. The molecule has 1 atom stereocenters. The topological polar surface area (TPSA) is 52.0 Å². The van der Waals surface area contributed by atoms with E-state index in [4.69, 9.17) is 11.5 Å². The molecule has 0 amide bonds. The van der Waals surface area contributed by atoms with E-state index in [0.29, 0.717) is 6.54 Å². The molecule has 0 bridgehead atoms. The van der Waals surface area contributed by atoms with E-state index in [0.717, 1.165) is 6.42 Å². The van der Waals surface area contributed by atoms with E-state index >= 15 is 0 Å². The minimum absolute atomic E-state index is 0. The van der Waals surface area contributed by atoms with Crippen molar-refractivity contribution in [3.63, 3.8) is 0 Å². The van der Waals surface area contributed by atoms with Crippen molar-refractivity contribution in [1.29, 1.82) is 0 Å². The van der Waals surface area contributed by atoms with Crippen molar-refractivity contribution < 1.29 is 45.9 Å². The van der Waals surface area contributed by atoms with Crippen molar-refractivity contribution in [3.05, 3.63) is 35.9 Å². The number of rotatable bonds is 3. The monoisotopic (exact) mass is 415 g/mol. The average Bonchev–Trinajstić information content (AvgIpc) is 2.06.